The van der Waals surface area contributed by atoms with Crippen molar-refractivity contribution in [1.29, 1.82) is 0 Å². The summed E-state index contributed by atoms with van der Waals surface area (Å²) in [5, 5.41) is 0. The minimum absolute atomic E-state index is 0.560. The summed E-state index contributed by atoms with van der Waals surface area (Å²) in [5.41, 5.74) is 0. The molecule has 1 aliphatic rings. The fourth-order valence-electron chi connectivity index (χ4n) is 2.15. The van der Waals surface area contributed by atoms with E-state index in [1.807, 2.05) is 6.20 Å². The predicted molar refractivity (Wildman–Crippen MR) is 64.9 cm³/mol. The fourth-order valence-corrected chi connectivity index (χ4v) is 2.60. The largest absolute Gasteiger partial charge is 0.353 e. The van der Waals surface area contributed by atoms with Gasteiger partial charge in [0.2, 0.25) is 0 Å². The lowest BCUT2D eigenvalue weighted by molar-refractivity contribution is 0.361. The molecular weight excluding hydrogens is 254 g/mol. The van der Waals surface area contributed by atoms with Gasteiger partial charge in [-0.3, -0.25) is 0 Å². The van der Waals surface area contributed by atoms with Crippen molar-refractivity contribution in [2.75, 3.05) is 11.4 Å². The molecule has 0 spiro atoms. The zero-order valence-corrected chi connectivity index (χ0v) is 10.7. The Morgan fingerprint density at radius 1 is 1.47 bits per heavy atom. The van der Waals surface area contributed by atoms with E-state index < -0.39 is 0 Å². The van der Waals surface area contributed by atoms with E-state index in [1.165, 1.54) is 12.8 Å². The van der Waals surface area contributed by atoms with Gasteiger partial charge in [0.25, 0.3) is 0 Å². The highest BCUT2D eigenvalue weighted by molar-refractivity contribution is 9.10. The molecule has 0 amide bonds. The van der Waals surface area contributed by atoms with Gasteiger partial charge in [0.15, 0.2) is 0 Å². The number of hydrogen-bond acceptors (Lipinski definition) is 3. The molecule has 2 rings (SSSR count). The van der Waals surface area contributed by atoms with Crippen LogP contribution < -0.4 is 4.90 Å². The molecular formula is C11H16BrN3. The van der Waals surface area contributed by atoms with Gasteiger partial charge in [0.05, 0.1) is 4.47 Å². The van der Waals surface area contributed by atoms with E-state index in [1.54, 1.807) is 6.33 Å². The number of hydrogen-bond donors (Lipinski definition) is 0. The third kappa shape index (κ3) is 2.14. The molecule has 0 bridgehead atoms. The summed E-state index contributed by atoms with van der Waals surface area (Å²) >= 11 is 3.51. The standard InChI is InChI=1S/C11H16BrN3/c1-8-4-3-5-15(9(8)2)11-10(12)6-13-7-14-11/h6-9H,3-5H2,1-2H3. The van der Waals surface area contributed by atoms with Crippen LogP contribution in [0.4, 0.5) is 5.82 Å². The number of piperidine rings is 1. The molecule has 15 heavy (non-hydrogen) atoms. The molecule has 1 saturated heterocycles. The van der Waals surface area contributed by atoms with E-state index in [0.717, 1.165) is 22.8 Å². The highest BCUT2D eigenvalue weighted by Gasteiger charge is 2.26. The van der Waals surface area contributed by atoms with Crippen LogP contribution in [0.25, 0.3) is 0 Å². The van der Waals surface area contributed by atoms with Crippen molar-refractivity contribution in [3.63, 3.8) is 0 Å². The van der Waals surface area contributed by atoms with E-state index >= 15 is 0 Å². The second-order valence-corrected chi connectivity index (χ2v) is 5.10. The van der Waals surface area contributed by atoms with Crippen LogP contribution in [0.5, 0.6) is 0 Å². The Balaban J connectivity index is 2.26. The number of rotatable bonds is 1. The Bertz CT molecular complexity index is 342. The van der Waals surface area contributed by atoms with Crippen LogP contribution in [0.3, 0.4) is 0 Å². The lowest BCUT2D eigenvalue weighted by Gasteiger charge is -2.39. The Kier molecular flexibility index (Phi) is 3.24. The summed E-state index contributed by atoms with van der Waals surface area (Å²) in [4.78, 5) is 10.7. The van der Waals surface area contributed by atoms with Gasteiger partial charge in [-0.1, -0.05) is 6.92 Å². The van der Waals surface area contributed by atoms with E-state index in [0.29, 0.717) is 6.04 Å². The number of anilines is 1. The number of nitrogens with zero attached hydrogens (tertiary/aromatic N) is 3. The predicted octanol–water partition coefficient (Wildman–Crippen LogP) is 2.86. The van der Waals surface area contributed by atoms with Crippen molar-refractivity contribution in [3.05, 3.63) is 17.0 Å². The maximum absolute atomic E-state index is 4.35. The molecule has 0 aliphatic carbocycles. The normalized spacial score (nSPS) is 26.7. The van der Waals surface area contributed by atoms with E-state index in [4.69, 9.17) is 0 Å². The van der Waals surface area contributed by atoms with Crippen LogP contribution in [0, 0.1) is 5.92 Å². The molecule has 2 unspecified atom stereocenters. The average molecular weight is 270 g/mol. The summed E-state index contributed by atoms with van der Waals surface area (Å²) in [5.74, 6) is 1.77. The van der Waals surface area contributed by atoms with Gasteiger partial charge < -0.3 is 4.90 Å². The van der Waals surface area contributed by atoms with Crippen LogP contribution >= 0.6 is 15.9 Å². The Morgan fingerprint density at radius 2 is 2.27 bits per heavy atom. The first-order valence-electron chi connectivity index (χ1n) is 5.42. The summed E-state index contributed by atoms with van der Waals surface area (Å²) < 4.78 is 0.992. The maximum Gasteiger partial charge on any atom is 0.146 e. The van der Waals surface area contributed by atoms with Gasteiger partial charge in [0.1, 0.15) is 12.1 Å². The second kappa shape index (κ2) is 4.47. The van der Waals surface area contributed by atoms with Crippen molar-refractivity contribution in [3.8, 4) is 0 Å². The zero-order chi connectivity index (χ0) is 10.8. The molecule has 82 valence electrons. The lowest BCUT2D eigenvalue weighted by atomic mass is 9.92. The highest BCUT2D eigenvalue weighted by Crippen LogP contribution is 2.30. The first-order chi connectivity index (χ1) is 7.20. The van der Waals surface area contributed by atoms with Crippen LogP contribution in [0.15, 0.2) is 17.0 Å². The average Bonchev–Trinajstić information content (AvgIpc) is 2.23. The summed E-state index contributed by atoms with van der Waals surface area (Å²) in [7, 11) is 0. The zero-order valence-electron chi connectivity index (χ0n) is 9.15. The molecule has 4 heteroatoms. The van der Waals surface area contributed by atoms with Gasteiger partial charge in [-0.2, -0.15) is 0 Å². The van der Waals surface area contributed by atoms with Crippen molar-refractivity contribution in [2.45, 2.75) is 32.7 Å². The van der Waals surface area contributed by atoms with Crippen LogP contribution in [0.1, 0.15) is 26.7 Å². The third-order valence-corrected chi connectivity index (χ3v) is 3.85. The van der Waals surface area contributed by atoms with Gasteiger partial charge in [-0.25, -0.2) is 9.97 Å². The molecule has 0 N–H and O–H groups in total. The molecule has 0 saturated carbocycles. The molecule has 3 nitrogen and oxygen atoms in total. The van der Waals surface area contributed by atoms with Crippen LogP contribution in [-0.2, 0) is 0 Å². The maximum atomic E-state index is 4.35. The minimum Gasteiger partial charge on any atom is -0.353 e. The Morgan fingerprint density at radius 3 is 3.00 bits per heavy atom. The van der Waals surface area contributed by atoms with Gasteiger partial charge in [0, 0.05) is 18.8 Å². The van der Waals surface area contributed by atoms with Crippen molar-refractivity contribution < 1.29 is 0 Å². The van der Waals surface area contributed by atoms with Crippen molar-refractivity contribution in [1.82, 2.24) is 9.97 Å². The van der Waals surface area contributed by atoms with E-state index in [-0.39, 0.29) is 0 Å². The highest BCUT2D eigenvalue weighted by atomic mass is 79.9. The molecule has 1 aliphatic heterocycles. The van der Waals surface area contributed by atoms with Crippen molar-refractivity contribution >= 4 is 21.7 Å². The molecule has 1 aromatic heterocycles. The fraction of sp³-hybridized carbons (Fsp3) is 0.636. The van der Waals surface area contributed by atoms with Crippen LogP contribution in [0.2, 0.25) is 0 Å². The Labute approximate surface area is 99.0 Å². The first kappa shape index (κ1) is 10.9. The molecule has 0 aromatic carbocycles. The summed E-state index contributed by atoms with van der Waals surface area (Å²) in [6.45, 7) is 5.69. The second-order valence-electron chi connectivity index (χ2n) is 4.25. The number of halogens is 1. The monoisotopic (exact) mass is 269 g/mol. The Hall–Kier alpha value is -0.640. The van der Waals surface area contributed by atoms with E-state index in [2.05, 4.69) is 44.6 Å². The summed E-state index contributed by atoms with van der Waals surface area (Å²) in [6.07, 6.45) is 6.00. The number of aromatic nitrogens is 2. The van der Waals surface area contributed by atoms with E-state index in [9.17, 15) is 0 Å². The van der Waals surface area contributed by atoms with Gasteiger partial charge in [-0.15, -0.1) is 0 Å². The topological polar surface area (TPSA) is 29.0 Å². The smallest absolute Gasteiger partial charge is 0.146 e. The molecule has 2 atom stereocenters. The molecule has 2 heterocycles. The molecule has 0 radical (unpaired) electrons. The summed E-state index contributed by atoms with van der Waals surface area (Å²) in [6, 6.07) is 0.560. The van der Waals surface area contributed by atoms with Crippen molar-refractivity contribution in [2.24, 2.45) is 5.92 Å². The lowest BCUT2D eigenvalue weighted by Crippen LogP contribution is -2.43. The molecule has 1 fully saturated rings. The SMILES string of the molecule is CC1CCCN(c2ncncc2Br)C1C. The quantitative estimate of drug-likeness (QED) is 0.785. The first-order valence-corrected chi connectivity index (χ1v) is 6.21. The van der Waals surface area contributed by atoms with Gasteiger partial charge >= 0.3 is 0 Å². The third-order valence-electron chi connectivity index (χ3n) is 3.29. The minimum atomic E-state index is 0.560. The van der Waals surface area contributed by atoms with Gasteiger partial charge in [-0.05, 0) is 41.6 Å². The van der Waals surface area contributed by atoms with Crippen LogP contribution in [-0.4, -0.2) is 22.6 Å². The molecule has 1 aromatic rings.